The molecule has 120 valence electrons. The first-order valence-electron chi connectivity index (χ1n) is 6.78. The summed E-state index contributed by atoms with van der Waals surface area (Å²) in [4.78, 5) is 39.9. The van der Waals surface area contributed by atoms with E-state index in [9.17, 15) is 19.5 Å². The van der Waals surface area contributed by atoms with Crippen molar-refractivity contribution < 1.29 is 14.7 Å². The SMILES string of the molecule is O=C(O)c1cn(C(=O)Nc2ccc(Cl)cn2)c2ccccc2c1=O. The Balaban J connectivity index is 2.12. The number of nitrogens with zero attached hydrogens (tertiary/aromatic N) is 2. The van der Waals surface area contributed by atoms with E-state index in [4.69, 9.17) is 11.6 Å². The van der Waals surface area contributed by atoms with Gasteiger partial charge in [-0.15, -0.1) is 0 Å². The highest BCUT2D eigenvalue weighted by Crippen LogP contribution is 2.14. The molecule has 0 aliphatic rings. The van der Waals surface area contributed by atoms with E-state index in [1.165, 1.54) is 18.3 Å². The van der Waals surface area contributed by atoms with Crippen LogP contribution in [0.25, 0.3) is 10.9 Å². The first-order chi connectivity index (χ1) is 11.5. The largest absolute Gasteiger partial charge is 0.477 e. The predicted molar refractivity (Wildman–Crippen MR) is 88.8 cm³/mol. The van der Waals surface area contributed by atoms with Gasteiger partial charge in [-0.2, -0.15) is 0 Å². The molecular formula is C16H10ClN3O4. The second-order valence-electron chi connectivity index (χ2n) is 4.86. The van der Waals surface area contributed by atoms with E-state index >= 15 is 0 Å². The lowest BCUT2D eigenvalue weighted by Crippen LogP contribution is -2.26. The highest BCUT2D eigenvalue weighted by Gasteiger charge is 2.17. The molecule has 2 aromatic heterocycles. The number of carboxylic acid groups (broad SMARTS) is 1. The van der Waals surface area contributed by atoms with Crippen LogP contribution in [0.4, 0.5) is 10.6 Å². The number of pyridine rings is 2. The number of aromatic carboxylic acids is 1. The molecule has 2 N–H and O–H groups in total. The number of hydrogen-bond acceptors (Lipinski definition) is 4. The summed E-state index contributed by atoms with van der Waals surface area (Å²) in [6.45, 7) is 0. The zero-order valence-corrected chi connectivity index (χ0v) is 12.8. The summed E-state index contributed by atoms with van der Waals surface area (Å²) >= 11 is 5.74. The number of nitrogens with one attached hydrogen (secondary N) is 1. The number of halogens is 1. The van der Waals surface area contributed by atoms with Crippen LogP contribution in [-0.2, 0) is 0 Å². The van der Waals surface area contributed by atoms with Gasteiger partial charge < -0.3 is 5.11 Å². The number of anilines is 1. The van der Waals surface area contributed by atoms with Crippen molar-refractivity contribution in [3.8, 4) is 0 Å². The topological polar surface area (TPSA) is 101 Å². The Morgan fingerprint density at radius 2 is 1.92 bits per heavy atom. The summed E-state index contributed by atoms with van der Waals surface area (Å²) < 4.78 is 1.07. The van der Waals surface area contributed by atoms with Crippen LogP contribution in [0.1, 0.15) is 10.4 Å². The average Bonchev–Trinajstić information content (AvgIpc) is 2.57. The Bertz CT molecular complexity index is 1010. The van der Waals surface area contributed by atoms with Gasteiger partial charge in [0.1, 0.15) is 11.4 Å². The van der Waals surface area contributed by atoms with E-state index in [0.717, 1.165) is 10.8 Å². The lowest BCUT2D eigenvalue weighted by molar-refractivity contribution is 0.0695. The Kier molecular flexibility index (Phi) is 4.01. The van der Waals surface area contributed by atoms with E-state index in [1.807, 2.05) is 0 Å². The zero-order valence-electron chi connectivity index (χ0n) is 12.1. The molecule has 0 fully saturated rings. The molecule has 0 saturated heterocycles. The molecule has 1 aromatic carbocycles. The zero-order chi connectivity index (χ0) is 17.3. The monoisotopic (exact) mass is 343 g/mol. The minimum Gasteiger partial charge on any atom is -0.477 e. The van der Waals surface area contributed by atoms with Crippen LogP contribution in [0.3, 0.4) is 0 Å². The second-order valence-corrected chi connectivity index (χ2v) is 5.29. The van der Waals surface area contributed by atoms with Crippen LogP contribution in [0, 0.1) is 0 Å². The average molecular weight is 344 g/mol. The highest BCUT2D eigenvalue weighted by atomic mass is 35.5. The number of carboxylic acids is 1. The highest BCUT2D eigenvalue weighted by molar-refractivity contribution is 6.30. The number of aromatic nitrogens is 2. The number of fused-ring (bicyclic) bond motifs is 1. The summed E-state index contributed by atoms with van der Waals surface area (Å²) in [6.07, 6.45) is 2.36. The Hall–Kier alpha value is -3.19. The van der Waals surface area contributed by atoms with Gasteiger partial charge in [0.25, 0.3) is 0 Å². The fourth-order valence-electron chi connectivity index (χ4n) is 2.22. The number of para-hydroxylation sites is 1. The Labute approximate surface area is 140 Å². The maximum absolute atomic E-state index is 12.5. The first-order valence-corrected chi connectivity index (χ1v) is 7.16. The molecule has 0 bridgehead atoms. The van der Waals surface area contributed by atoms with Gasteiger partial charge in [-0.05, 0) is 24.3 Å². The van der Waals surface area contributed by atoms with E-state index in [2.05, 4.69) is 10.3 Å². The third-order valence-electron chi connectivity index (χ3n) is 3.32. The van der Waals surface area contributed by atoms with Gasteiger partial charge in [-0.3, -0.25) is 14.7 Å². The number of carbonyl (C=O) groups excluding carboxylic acids is 1. The number of amides is 1. The Morgan fingerprint density at radius 1 is 1.17 bits per heavy atom. The Morgan fingerprint density at radius 3 is 2.58 bits per heavy atom. The summed E-state index contributed by atoms with van der Waals surface area (Å²) in [7, 11) is 0. The maximum atomic E-state index is 12.5. The van der Waals surface area contributed by atoms with Crippen molar-refractivity contribution in [3.63, 3.8) is 0 Å². The molecule has 0 aliphatic carbocycles. The normalized spacial score (nSPS) is 10.5. The van der Waals surface area contributed by atoms with Crippen LogP contribution in [0.15, 0.2) is 53.6 Å². The standard InChI is InChI=1S/C16H10ClN3O4/c17-9-5-6-13(18-7-9)19-16(24)20-8-11(15(22)23)14(21)10-3-1-2-4-12(10)20/h1-8H,(H,22,23)(H,18,19,24). The molecule has 1 amide bonds. The van der Waals surface area contributed by atoms with Crippen molar-refractivity contribution in [2.75, 3.05) is 5.32 Å². The summed E-state index contributed by atoms with van der Waals surface area (Å²) in [5, 5.41) is 12.2. The van der Waals surface area contributed by atoms with Gasteiger partial charge in [-0.1, -0.05) is 23.7 Å². The second kappa shape index (κ2) is 6.13. The third kappa shape index (κ3) is 2.84. The van der Waals surface area contributed by atoms with Crippen molar-refractivity contribution in [2.45, 2.75) is 0 Å². The number of carbonyl (C=O) groups is 2. The van der Waals surface area contributed by atoms with E-state index in [-0.39, 0.29) is 11.2 Å². The molecule has 8 heteroatoms. The van der Waals surface area contributed by atoms with Crippen LogP contribution in [0.5, 0.6) is 0 Å². The fourth-order valence-corrected chi connectivity index (χ4v) is 2.33. The van der Waals surface area contributed by atoms with Gasteiger partial charge in [0.15, 0.2) is 0 Å². The molecular weight excluding hydrogens is 334 g/mol. The fraction of sp³-hybridized carbons (Fsp3) is 0. The van der Waals surface area contributed by atoms with Crippen LogP contribution < -0.4 is 10.7 Å². The molecule has 3 aromatic rings. The minimum atomic E-state index is -1.41. The summed E-state index contributed by atoms with van der Waals surface area (Å²) in [6, 6.07) is 8.67. The van der Waals surface area contributed by atoms with E-state index in [1.54, 1.807) is 24.3 Å². The minimum absolute atomic E-state index is 0.136. The van der Waals surface area contributed by atoms with Crippen LogP contribution in [0.2, 0.25) is 5.02 Å². The molecule has 3 rings (SSSR count). The lowest BCUT2D eigenvalue weighted by Gasteiger charge is -2.11. The number of benzene rings is 1. The molecule has 0 radical (unpaired) electrons. The van der Waals surface area contributed by atoms with Crippen LogP contribution in [-0.4, -0.2) is 26.7 Å². The van der Waals surface area contributed by atoms with Gasteiger partial charge in [-0.25, -0.2) is 14.6 Å². The van der Waals surface area contributed by atoms with Crippen molar-refractivity contribution in [3.05, 3.63) is 69.6 Å². The van der Waals surface area contributed by atoms with Crippen molar-refractivity contribution in [2.24, 2.45) is 0 Å². The van der Waals surface area contributed by atoms with Gasteiger partial charge in [0.2, 0.25) is 5.43 Å². The predicted octanol–water partition coefficient (Wildman–Crippen LogP) is 2.83. The third-order valence-corrected chi connectivity index (χ3v) is 3.55. The van der Waals surface area contributed by atoms with Gasteiger partial charge in [0.05, 0.1) is 10.5 Å². The summed E-state index contributed by atoms with van der Waals surface area (Å²) in [5.41, 5.74) is -0.848. The molecule has 0 atom stereocenters. The maximum Gasteiger partial charge on any atom is 0.341 e. The number of hydrogen-bond donors (Lipinski definition) is 2. The molecule has 7 nitrogen and oxygen atoms in total. The van der Waals surface area contributed by atoms with Gasteiger partial charge in [0, 0.05) is 17.8 Å². The van der Waals surface area contributed by atoms with Crippen molar-refractivity contribution >= 4 is 40.3 Å². The molecule has 2 heterocycles. The lowest BCUT2D eigenvalue weighted by atomic mass is 10.1. The molecule has 0 saturated carbocycles. The molecule has 0 spiro atoms. The van der Waals surface area contributed by atoms with Crippen molar-refractivity contribution in [1.82, 2.24) is 9.55 Å². The van der Waals surface area contributed by atoms with Gasteiger partial charge >= 0.3 is 12.0 Å². The smallest absolute Gasteiger partial charge is 0.341 e. The molecule has 0 aliphatic heterocycles. The molecule has 0 unspecified atom stereocenters. The van der Waals surface area contributed by atoms with Crippen molar-refractivity contribution in [1.29, 1.82) is 0 Å². The van der Waals surface area contributed by atoms with E-state index in [0.29, 0.717) is 10.5 Å². The molecule has 24 heavy (non-hydrogen) atoms. The number of rotatable bonds is 2. The van der Waals surface area contributed by atoms with Crippen LogP contribution >= 0.6 is 11.6 Å². The first kappa shape index (κ1) is 15.7. The summed E-state index contributed by atoms with van der Waals surface area (Å²) in [5.74, 6) is -1.17. The quantitative estimate of drug-likeness (QED) is 0.745. The van der Waals surface area contributed by atoms with E-state index < -0.39 is 23.0 Å².